The zero-order valence-corrected chi connectivity index (χ0v) is 22.1. The molecule has 1 N–H and O–H groups in total. The minimum atomic E-state index is -1.03. The number of benzene rings is 2. The summed E-state index contributed by atoms with van der Waals surface area (Å²) in [5, 5.41) is 19.3. The largest absolute Gasteiger partial charge is 0.341 e. The number of nitrogens with zero attached hydrogens (tertiary/aromatic N) is 6. The molecule has 2 heterocycles. The van der Waals surface area contributed by atoms with E-state index < -0.39 is 5.79 Å². The highest BCUT2D eigenvalue weighted by molar-refractivity contribution is 5.80. The molecule has 4 rings (SSSR count). The molecule has 2 aromatic carbocycles. The minimum Gasteiger partial charge on any atom is -0.341 e. The van der Waals surface area contributed by atoms with Gasteiger partial charge in [0.1, 0.15) is 5.82 Å². The standard InChI is InChI=1S/C27H35N7O2/c1-17(2)34-24(28-26(31-34)27(7,35-18(3)4)36-19(5)6)16-20-12-14-21(15-13-20)22-10-8-9-11-23(22)25-29-32-33-30-25/h8-15,17-19H,16H2,1-7H3,(H,29,30,32,33). The molecular formula is C27H35N7O2. The molecule has 0 aliphatic rings. The predicted octanol–water partition coefficient (Wildman–Crippen LogP) is 5.32. The number of H-pyrrole nitrogens is 1. The molecule has 0 fully saturated rings. The molecule has 0 aliphatic heterocycles. The third kappa shape index (κ3) is 5.68. The van der Waals surface area contributed by atoms with Crippen LogP contribution in [0, 0.1) is 0 Å². The third-order valence-corrected chi connectivity index (χ3v) is 5.66. The number of hydrogen-bond acceptors (Lipinski definition) is 7. The van der Waals surface area contributed by atoms with Crippen LogP contribution in [-0.4, -0.2) is 47.6 Å². The van der Waals surface area contributed by atoms with Crippen molar-refractivity contribution in [1.82, 2.24) is 35.4 Å². The van der Waals surface area contributed by atoms with E-state index in [2.05, 4.69) is 64.8 Å². The summed E-state index contributed by atoms with van der Waals surface area (Å²) < 4.78 is 14.3. The van der Waals surface area contributed by atoms with Crippen LogP contribution in [-0.2, 0) is 21.7 Å². The Balaban J connectivity index is 1.63. The highest BCUT2D eigenvalue weighted by Crippen LogP contribution is 2.31. The molecule has 4 aromatic rings. The molecule has 0 spiro atoms. The molecule has 0 unspecified atom stereocenters. The van der Waals surface area contributed by atoms with E-state index in [1.165, 1.54) is 0 Å². The lowest BCUT2D eigenvalue weighted by Gasteiger charge is -2.31. The summed E-state index contributed by atoms with van der Waals surface area (Å²) in [6, 6.07) is 16.6. The van der Waals surface area contributed by atoms with Gasteiger partial charge in [0.25, 0.3) is 0 Å². The van der Waals surface area contributed by atoms with Crippen LogP contribution >= 0.6 is 0 Å². The van der Waals surface area contributed by atoms with E-state index in [4.69, 9.17) is 19.6 Å². The number of nitrogens with one attached hydrogen (secondary N) is 1. The summed E-state index contributed by atoms with van der Waals surface area (Å²) in [5.74, 6) is 0.951. The van der Waals surface area contributed by atoms with Gasteiger partial charge in [-0.15, -0.1) is 15.3 Å². The Labute approximate surface area is 212 Å². The maximum atomic E-state index is 6.16. The van der Waals surface area contributed by atoms with Gasteiger partial charge in [-0.05, 0) is 70.4 Å². The van der Waals surface area contributed by atoms with Gasteiger partial charge < -0.3 is 9.47 Å². The number of tetrazole rings is 1. The van der Waals surface area contributed by atoms with Gasteiger partial charge in [0, 0.05) is 18.0 Å². The van der Waals surface area contributed by atoms with Gasteiger partial charge >= 0.3 is 0 Å². The lowest BCUT2D eigenvalue weighted by Crippen LogP contribution is -2.36. The minimum absolute atomic E-state index is 0.0360. The molecular weight excluding hydrogens is 454 g/mol. The van der Waals surface area contributed by atoms with Crippen LogP contribution in [0.4, 0.5) is 0 Å². The van der Waals surface area contributed by atoms with Gasteiger partial charge in [0.2, 0.25) is 17.4 Å². The van der Waals surface area contributed by atoms with E-state index >= 15 is 0 Å². The molecule has 0 bridgehead atoms. The van der Waals surface area contributed by atoms with E-state index in [0.717, 1.165) is 28.1 Å². The van der Waals surface area contributed by atoms with Crippen LogP contribution in [0.25, 0.3) is 22.5 Å². The predicted molar refractivity (Wildman–Crippen MR) is 138 cm³/mol. The van der Waals surface area contributed by atoms with Gasteiger partial charge in [0.15, 0.2) is 0 Å². The maximum absolute atomic E-state index is 6.16. The molecule has 0 atom stereocenters. The van der Waals surface area contributed by atoms with Gasteiger partial charge in [-0.1, -0.05) is 48.5 Å². The first-order valence-corrected chi connectivity index (χ1v) is 12.4. The van der Waals surface area contributed by atoms with E-state index in [-0.39, 0.29) is 18.2 Å². The van der Waals surface area contributed by atoms with E-state index in [0.29, 0.717) is 18.1 Å². The second-order valence-electron chi connectivity index (χ2n) is 9.82. The number of aromatic amines is 1. The second-order valence-corrected chi connectivity index (χ2v) is 9.82. The monoisotopic (exact) mass is 489 g/mol. The van der Waals surface area contributed by atoms with Crippen molar-refractivity contribution in [2.45, 2.75) is 78.9 Å². The average Bonchev–Trinajstić information content (AvgIpc) is 3.49. The quantitative estimate of drug-likeness (QED) is 0.301. The lowest BCUT2D eigenvalue weighted by molar-refractivity contribution is -0.271. The Hall–Kier alpha value is -3.43. The summed E-state index contributed by atoms with van der Waals surface area (Å²) in [4.78, 5) is 4.91. The molecule has 9 heteroatoms. The molecule has 2 aromatic heterocycles. The molecule has 0 amide bonds. The first kappa shape index (κ1) is 25.7. The zero-order chi connectivity index (χ0) is 25.9. The van der Waals surface area contributed by atoms with Crippen molar-refractivity contribution in [2.75, 3.05) is 0 Å². The fourth-order valence-electron chi connectivity index (χ4n) is 4.31. The normalized spacial score (nSPS) is 12.3. The van der Waals surface area contributed by atoms with Crippen LogP contribution in [0.5, 0.6) is 0 Å². The number of hydrogen-bond donors (Lipinski definition) is 1. The Morgan fingerprint density at radius 2 is 1.53 bits per heavy atom. The molecule has 0 aliphatic carbocycles. The fraction of sp³-hybridized carbons (Fsp3) is 0.444. The SMILES string of the molecule is CC(C)OC(C)(OC(C)C)c1nc(Cc2ccc(-c3ccccc3-c3nn[nH]n3)cc2)n(C(C)C)n1. The first-order valence-electron chi connectivity index (χ1n) is 12.4. The molecule has 0 saturated carbocycles. The van der Waals surface area contributed by atoms with Crippen LogP contribution in [0.3, 0.4) is 0 Å². The maximum Gasteiger partial charge on any atom is 0.229 e. The molecule has 190 valence electrons. The molecule has 36 heavy (non-hydrogen) atoms. The van der Waals surface area contributed by atoms with Crippen molar-refractivity contribution in [3.05, 3.63) is 65.7 Å². The van der Waals surface area contributed by atoms with Gasteiger partial charge in [0.05, 0.1) is 12.2 Å². The Kier molecular flexibility index (Phi) is 7.61. The van der Waals surface area contributed by atoms with Gasteiger partial charge in [-0.3, -0.25) is 0 Å². The summed E-state index contributed by atoms with van der Waals surface area (Å²) >= 11 is 0. The van der Waals surface area contributed by atoms with E-state index in [9.17, 15) is 0 Å². The summed E-state index contributed by atoms with van der Waals surface area (Å²) in [6.07, 6.45) is 0.564. The summed E-state index contributed by atoms with van der Waals surface area (Å²) in [6.45, 7) is 14.0. The van der Waals surface area contributed by atoms with E-state index in [1.54, 1.807) is 0 Å². The third-order valence-electron chi connectivity index (χ3n) is 5.66. The number of aromatic nitrogens is 7. The van der Waals surface area contributed by atoms with Crippen LogP contribution in [0.15, 0.2) is 48.5 Å². The fourth-order valence-corrected chi connectivity index (χ4v) is 4.31. The van der Waals surface area contributed by atoms with Crippen molar-refractivity contribution in [3.8, 4) is 22.5 Å². The van der Waals surface area contributed by atoms with Crippen molar-refractivity contribution in [1.29, 1.82) is 0 Å². The van der Waals surface area contributed by atoms with Crippen molar-refractivity contribution in [2.24, 2.45) is 0 Å². The second kappa shape index (κ2) is 10.7. The van der Waals surface area contributed by atoms with Crippen molar-refractivity contribution >= 4 is 0 Å². The summed E-state index contributed by atoms with van der Waals surface area (Å²) in [7, 11) is 0. The Morgan fingerprint density at radius 3 is 2.08 bits per heavy atom. The van der Waals surface area contributed by atoms with Crippen molar-refractivity contribution in [3.63, 3.8) is 0 Å². The highest BCUT2D eigenvalue weighted by Gasteiger charge is 2.36. The average molecular weight is 490 g/mol. The van der Waals surface area contributed by atoms with Crippen LogP contribution in [0.1, 0.15) is 71.7 Å². The highest BCUT2D eigenvalue weighted by atomic mass is 16.7. The topological polar surface area (TPSA) is 104 Å². The van der Waals surface area contributed by atoms with Gasteiger partial charge in [-0.25, -0.2) is 9.67 Å². The lowest BCUT2D eigenvalue weighted by atomic mass is 9.98. The summed E-state index contributed by atoms with van der Waals surface area (Å²) in [5.41, 5.74) is 4.18. The molecule has 0 radical (unpaired) electrons. The zero-order valence-electron chi connectivity index (χ0n) is 22.1. The molecule has 0 saturated heterocycles. The Morgan fingerprint density at radius 1 is 0.889 bits per heavy atom. The van der Waals surface area contributed by atoms with Crippen LogP contribution < -0.4 is 0 Å². The van der Waals surface area contributed by atoms with Gasteiger partial charge in [-0.2, -0.15) is 5.21 Å². The number of rotatable bonds is 10. The number of ether oxygens (including phenoxy) is 2. The van der Waals surface area contributed by atoms with E-state index in [1.807, 2.05) is 57.5 Å². The van der Waals surface area contributed by atoms with Crippen molar-refractivity contribution < 1.29 is 9.47 Å². The molecule has 9 nitrogen and oxygen atoms in total. The van der Waals surface area contributed by atoms with Crippen LogP contribution in [0.2, 0.25) is 0 Å². The smallest absolute Gasteiger partial charge is 0.229 e. The first-order chi connectivity index (χ1) is 17.2. The Bertz CT molecular complexity index is 1250.